The summed E-state index contributed by atoms with van der Waals surface area (Å²) in [5.74, 6) is 2.36. The molecule has 0 aromatic carbocycles. The minimum absolute atomic E-state index is 0.476. The van der Waals surface area contributed by atoms with Gasteiger partial charge in [-0.15, -0.1) is 0 Å². The number of hydrogen-bond acceptors (Lipinski definition) is 4. The molecule has 0 radical (unpaired) electrons. The molecule has 0 unspecified atom stereocenters. The first-order chi connectivity index (χ1) is 7.24. The van der Waals surface area contributed by atoms with Crippen molar-refractivity contribution in [3.8, 4) is 0 Å². The number of aryl methyl sites for hydroxylation is 1. The number of nitrogens with zero attached hydrogens (tertiary/aromatic N) is 2. The second kappa shape index (κ2) is 4.68. The molecule has 0 amide bonds. The Labute approximate surface area is 96.9 Å². The second-order valence-corrected chi connectivity index (χ2v) is 4.33. The van der Waals surface area contributed by atoms with E-state index in [1.165, 1.54) is 0 Å². The van der Waals surface area contributed by atoms with E-state index in [9.17, 15) is 0 Å². The van der Waals surface area contributed by atoms with Crippen molar-refractivity contribution in [3.63, 3.8) is 0 Å². The summed E-state index contributed by atoms with van der Waals surface area (Å²) >= 11 is 7.40. The molecule has 2 aromatic rings. The number of halogens is 1. The van der Waals surface area contributed by atoms with Gasteiger partial charge in [-0.25, -0.2) is 9.97 Å². The molecule has 3 nitrogen and oxygen atoms in total. The highest BCUT2D eigenvalue weighted by Gasteiger charge is 2.02. The molecule has 15 heavy (non-hydrogen) atoms. The van der Waals surface area contributed by atoms with Crippen molar-refractivity contribution in [2.45, 2.75) is 17.7 Å². The summed E-state index contributed by atoms with van der Waals surface area (Å²) in [5, 5.41) is 1.34. The van der Waals surface area contributed by atoms with E-state index in [1.54, 1.807) is 24.1 Å². The molecule has 2 heterocycles. The Hall–Kier alpha value is -1.00. The standard InChI is InChI=1S/C10H9ClN2OS/c1-7-12-9(11)5-10(13-7)15-6-8-3-2-4-14-8/h2-5H,6H2,1H3. The van der Waals surface area contributed by atoms with E-state index in [-0.39, 0.29) is 0 Å². The minimum atomic E-state index is 0.476. The zero-order valence-corrected chi connectivity index (χ0v) is 9.68. The Kier molecular flexibility index (Phi) is 3.28. The zero-order chi connectivity index (χ0) is 10.7. The Morgan fingerprint density at radius 3 is 3.00 bits per heavy atom. The molecule has 0 bridgehead atoms. The summed E-state index contributed by atoms with van der Waals surface area (Å²) in [5.41, 5.74) is 0. The van der Waals surface area contributed by atoms with Gasteiger partial charge >= 0.3 is 0 Å². The summed E-state index contributed by atoms with van der Waals surface area (Å²) < 4.78 is 5.22. The lowest BCUT2D eigenvalue weighted by atomic mass is 10.5. The Balaban J connectivity index is 2.05. The summed E-state index contributed by atoms with van der Waals surface area (Å²) in [6, 6.07) is 5.55. The molecule has 5 heteroatoms. The van der Waals surface area contributed by atoms with Crippen LogP contribution < -0.4 is 0 Å². The molecular formula is C10H9ClN2OS. The van der Waals surface area contributed by atoms with E-state index in [1.807, 2.05) is 19.1 Å². The van der Waals surface area contributed by atoms with Gasteiger partial charge in [0.05, 0.1) is 12.0 Å². The van der Waals surface area contributed by atoms with Crippen molar-refractivity contribution in [3.05, 3.63) is 41.2 Å². The van der Waals surface area contributed by atoms with Crippen molar-refractivity contribution in [2.24, 2.45) is 0 Å². The van der Waals surface area contributed by atoms with Crippen LogP contribution in [0.3, 0.4) is 0 Å². The van der Waals surface area contributed by atoms with Crippen molar-refractivity contribution in [1.82, 2.24) is 9.97 Å². The lowest BCUT2D eigenvalue weighted by Gasteiger charge is -2.00. The fourth-order valence-corrected chi connectivity index (χ4v) is 2.26. The average Bonchev–Trinajstić information content (AvgIpc) is 2.65. The lowest BCUT2D eigenvalue weighted by Crippen LogP contribution is -1.90. The lowest BCUT2D eigenvalue weighted by molar-refractivity contribution is 0.530. The van der Waals surface area contributed by atoms with Crippen molar-refractivity contribution >= 4 is 23.4 Å². The molecular weight excluding hydrogens is 232 g/mol. The number of hydrogen-bond donors (Lipinski definition) is 0. The molecule has 0 atom stereocenters. The molecule has 0 aliphatic carbocycles. The zero-order valence-electron chi connectivity index (χ0n) is 8.11. The van der Waals surface area contributed by atoms with Crippen LogP contribution in [0.2, 0.25) is 5.15 Å². The first kappa shape index (κ1) is 10.5. The van der Waals surface area contributed by atoms with Crippen LogP contribution in [-0.2, 0) is 5.75 Å². The topological polar surface area (TPSA) is 38.9 Å². The molecule has 0 aliphatic rings. The summed E-state index contributed by atoms with van der Waals surface area (Å²) in [6.07, 6.45) is 1.66. The van der Waals surface area contributed by atoms with Gasteiger partial charge in [-0.2, -0.15) is 0 Å². The van der Waals surface area contributed by atoms with Gasteiger partial charge in [0.1, 0.15) is 21.8 Å². The smallest absolute Gasteiger partial charge is 0.133 e. The van der Waals surface area contributed by atoms with Crippen LogP contribution in [0.1, 0.15) is 11.6 Å². The SMILES string of the molecule is Cc1nc(Cl)cc(SCc2ccco2)n1. The molecule has 78 valence electrons. The van der Waals surface area contributed by atoms with Crippen LogP contribution in [0.5, 0.6) is 0 Å². The van der Waals surface area contributed by atoms with Crippen LogP contribution in [0.15, 0.2) is 33.9 Å². The highest BCUT2D eigenvalue weighted by atomic mass is 35.5. The normalized spacial score (nSPS) is 10.5. The summed E-state index contributed by atoms with van der Waals surface area (Å²) in [7, 11) is 0. The van der Waals surface area contributed by atoms with Crippen LogP contribution in [-0.4, -0.2) is 9.97 Å². The number of thioether (sulfide) groups is 1. The van der Waals surface area contributed by atoms with Gasteiger partial charge in [-0.05, 0) is 19.1 Å². The fraction of sp³-hybridized carbons (Fsp3) is 0.200. The van der Waals surface area contributed by atoms with Gasteiger partial charge in [0.15, 0.2) is 0 Å². The van der Waals surface area contributed by atoms with Gasteiger partial charge in [-0.1, -0.05) is 23.4 Å². The van der Waals surface area contributed by atoms with Gasteiger partial charge in [0.2, 0.25) is 0 Å². The third-order valence-electron chi connectivity index (χ3n) is 1.73. The van der Waals surface area contributed by atoms with Gasteiger partial charge < -0.3 is 4.42 Å². The van der Waals surface area contributed by atoms with Crippen molar-refractivity contribution in [1.29, 1.82) is 0 Å². The monoisotopic (exact) mass is 240 g/mol. The third-order valence-corrected chi connectivity index (χ3v) is 2.85. The minimum Gasteiger partial charge on any atom is -0.468 e. The Bertz CT molecular complexity index is 424. The number of furan rings is 1. The van der Waals surface area contributed by atoms with Gasteiger partial charge in [-0.3, -0.25) is 0 Å². The van der Waals surface area contributed by atoms with Crippen molar-refractivity contribution < 1.29 is 4.42 Å². The van der Waals surface area contributed by atoms with Crippen LogP contribution in [0, 0.1) is 6.92 Å². The Morgan fingerprint density at radius 1 is 1.47 bits per heavy atom. The molecule has 0 spiro atoms. The largest absolute Gasteiger partial charge is 0.468 e. The van der Waals surface area contributed by atoms with E-state index in [2.05, 4.69) is 9.97 Å². The predicted octanol–water partition coefficient (Wildman–Crippen LogP) is 3.32. The summed E-state index contributed by atoms with van der Waals surface area (Å²) in [6.45, 7) is 1.82. The third kappa shape index (κ3) is 2.97. The number of aromatic nitrogens is 2. The molecule has 0 saturated carbocycles. The highest BCUT2D eigenvalue weighted by Crippen LogP contribution is 2.22. The van der Waals surface area contributed by atoms with E-state index < -0.39 is 0 Å². The van der Waals surface area contributed by atoms with E-state index in [0.29, 0.717) is 11.0 Å². The first-order valence-electron chi connectivity index (χ1n) is 4.40. The molecule has 0 fully saturated rings. The number of rotatable bonds is 3. The second-order valence-electron chi connectivity index (χ2n) is 2.94. The van der Waals surface area contributed by atoms with Gasteiger partial charge in [0.25, 0.3) is 0 Å². The quantitative estimate of drug-likeness (QED) is 0.609. The molecule has 2 rings (SSSR count). The van der Waals surface area contributed by atoms with E-state index in [4.69, 9.17) is 16.0 Å². The average molecular weight is 241 g/mol. The van der Waals surface area contributed by atoms with E-state index >= 15 is 0 Å². The highest BCUT2D eigenvalue weighted by molar-refractivity contribution is 7.98. The molecule has 0 saturated heterocycles. The fourth-order valence-electron chi connectivity index (χ4n) is 1.12. The summed E-state index contributed by atoms with van der Waals surface area (Å²) in [4.78, 5) is 8.26. The maximum absolute atomic E-state index is 5.82. The van der Waals surface area contributed by atoms with Crippen LogP contribution in [0.4, 0.5) is 0 Å². The van der Waals surface area contributed by atoms with E-state index in [0.717, 1.165) is 16.5 Å². The van der Waals surface area contributed by atoms with Crippen molar-refractivity contribution in [2.75, 3.05) is 0 Å². The predicted molar refractivity (Wildman–Crippen MR) is 60.0 cm³/mol. The first-order valence-corrected chi connectivity index (χ1v) is 5.77. The molecule has 0 N–H and O–H groups in total. The molecule has 0 aliphatic heterocycles. The van der Waals surface area contributed by atoms with Crippen LogP contribution in [0.25, 0.3) is 0 Å². The van der Waals surface area contributed by atoms with Gasteiger partial charge in [0, 0.05) is 6.07 Å². The maximum Gasteiger partial charge on any atom is 0.133 e. The molecule has 2 aromatic heterocycles. The maximum atomic E-state index is 5.82. The van der Waals surface area contributed by atoms with Crippen LogP contribution >= 0.6 is 23.4 Å². The Morgan fingerprint density at radius 2 is 2.33 bits per heavy atom.